The Kier molecular flexibility index (Phi) is 4.57. The van der Waals surface area contributed by atoms with Crippen molar-refractivity contribution in [2.24, 2.45) is 0 Å². The van der Waals surface area contributed by atoms with Gasteiger partial charge in [0.25, 0.3) is 0 Å². The largest absolute Gasteiger partial charge is 0.398 e. The smallest absolute Gasteiger partial charge is 0.0352 e. The molecule has 3 rings (SSSR count). The van der Waals surface area contributed by atoms with Gasteiger partial charge < -0.3 is 11.5 Å². The van der Waals surface area contributed by atoms with E-state index in [1.165, 1.54) is 33.4 Å². The highest BCUT2D eigenvalue weighted by molar-refractivity contribution is 5.52. The number of aryl methyl sites for hydroxylation is 2. The van der Waals surface area contributed by atoms with Gasteiger partial charge in [-0.3, -0.25) is 0 Å². The fourth-order valence-electron chi connectivity index (χ4n) is 2.97. The maximum atomic E-state index is 6.12. The van der Waals surface area contributed by atoms with Crippen LogP contribution in [0.2, 0.25) is 0 Å². The maximum Gasteiger partial charge on any atom is 0.0352 e. The Hall–Kier alpha value is -2.74. The average molecular weight is 316 g/mol. The molecule has 0 heterocycles. The fraction of sp³-hybridized carbons (Fsp3) is 0.182. The lowest BCUT2D eigenvalue weighted by Crippen LogP contribution is -1.98. The van der Waals surface area contributed by atoms with Gasteiger partial charge >= 0.3 is 0 Å². The topological polar surface area (TPSA) is 52.0 Å². The molecule has 0 atom stereocenters. The van der Waals surface area contributed by atoms with Crippen LogP contribution in [-0.4, -0.2) is 0 Å². The van der Waals surface area contributed by atoms with Crippen molar-refractivity contribution in [2.75, 3.05) is 11.5 Å². The molecule has 4 N–H and O–H groups in total. The summed E-state index contributed by atoms with van der Waals surface area (Å²) >= 11 is 0. The summed E-state index contributed by atoms with van der Waals surface area (Å²) < 4.78 is 0. The Morgan fingerprint density at radius 3 is 1.29 bits per heavy atom. The summed E-state index contributed by atoms with van der Waals surface area (Å²) in [5, 5.41) is 0. The highest BCUT2D eigenvalue weighted by atomic mass is 14.6. The number of benzene rings is 3. The fourth-order valence-corrected chi connectivity index (χ4v) is 2.97. The molecule has 0 aliphatic rings. The molecule has 0 aliphatic carbocycles. The number of nitrogens with two attached hydrogens (primary N) is 2. The first-order chi connectivity index (χ1) is 11.5. The van der Waals surface area contributed by atoms with Crippen LogP contribution in [0.3, 0.4) is 0 Å². The van der Waals surface area contributed by atoms with E-state index in [4.69, 9.17) is 11.5 Å². The first kappa shape index (κ1) is 16.1. The second kappa shape index (κ2) is 6.79. The average Bonchev–Trinajstić information content (AvgIpc) is 2.54. The summed E-state index contributed by atoms with van der Waals surface area (Å²) in [5.41, 5.74) is 21.3. The molecule has 24 heavy (non-hydrogen) atoms. The summed E-state index contributed by atoms with van der Waals surface area (Å²) in [7, 11) is 0. The molecule has 2 heteroatoms. The van der Waals surface area contributed by atoms with Crippen molar-refractivity contribution >= 4 is 11.4 Å². The van der Waals surface area contributed by atoms with E-state index in [0.717, 1.165) is 24.2 Å². The summed E-state index contributed by atoms with van der Waals surface area (Å²) in [6.45, 7) is 4.12. The third-order valence-electron chi connectivity index (χ3n) is 4.41. The van der Waals surface area contributed by atoms with Crippen LogP contribution in [0.4, 0.5) is 11.4 Å². The molecule has 0 saturated heterocycles. The predicted octanol–water partition coefficient (Wildman–Crippen LogP) is 4.65. The van der Waals surface area contributed by atoms with Gasteiger partial charge in [-0.25, -0.2) is 0 Å². The summed E-state index contributed by atoms with van der Waals surface area (Å²) in [5.74, 6) is 0. The van der Waals surface area contributed by atoms with Crippen molar-refractivity contribution < 1.29 is 0 Å². The predicted molar refractivity (Wildman–Crippen MR) is 103 cm³/mol. The summed E-state index contributed by atoms with van der Waals surface area (Å²) in [4.78, 5) is 0. The first-order valence-corrected chi connectivity index (χ1v) is 8.29. The molecule has 3 aromatic carbocycles. The minimum absolute atomic E-state index is 0.860. The molecule has 0 bridgehead atoms. The molecule has 0 aromatic heterocycles. The van der Waals surface area contributed by atoms with Crippen LogP contribution in [0.1, 0.15) is 33.4 Å². The Morgan fingerprint density at radius 1 is 0.583 bits per heavy atom. The van der Waals surface area contributed by atoms with Crippen LogP contribution in [0, 0.1) is 13.8 Å². The van der Waals surface area contributed by atoms with Gasteiger partial charge in [0.2, 0.25) is 0 Å². The zero-order valence-corrected chi connectivity index (χ0v) is 14.3. The van der Waals surface area contributed by atoms with E-state index < -0.39 is 0 Å². The normalized spacial score (nSPS) is 10.8. The van der Waals surface area contributed by atoms with Gasteiger partial charge in [-0.2, -0.15) is 0 Å². The van der Waals surface area contributed by atoms with Crippen LogP contribution in [0.15, 0.2) is 60.7 Å². The zero-order chi connectivity index (χ0) is 17.1. The summed E-state index contributed by atoms with van der Waals surface area (Å²) in [6.07, 6.45) is 1.72. The van der Waals surface area contributed by atoms with Crippen LogP contribution in [-0.2, 0) is 12.8 Å². The Bertz CT molecular complexity index is 776. The second-order valence-corrected chi connectivity index (χ2v) is 6.57. The van der Waals surface area contributed by atoms with Crippen LogP contribution in [0.5, 0.6) is 0 Å². The lowest BCUT2D eigenvalue weighted by atomic mass is 9.98. The molecule has 2 nitrogen and oxygen atoms in total. The summed E-state index contributed by atoms with van der Waals surface area (Å²) in [6, 6.07) is 21.2. The molecule has 122 valence electrons. The maximum absolute atomic E-state index is 6.12. The quantitative estimate of drug-likeness (QED) is 0.688. The number of hydrogen-bond acceptors (Lipinski definition) is 2. The minimum atomic E-state index is 0.860. The second-order valence-electron chi connectivity index (χ2n) is 6.57. The van der Waals surface area contributed by atoms with E-state index in [2.05, 4.69) is 62.4 Å². The van der Waals surface area contributed by atoms with Gasteiger partial charge in [-0.15, -0.1) is 0 Å². The van der Waals surface area contributed by atoms with Crippen molar-refractivity contribution in [3.8, 4) is 0 Å². The van der Waals surface area contributed by atoms with Gasteiger partial charge in [-0.1, -0.05) is 48.5 Å². The number of hydrogen-bond donors (Lipinski definition) is 2. The molecular formula is C22H24N2. The third kappa shape index (κ3) is 3.77. The monoisotopic (exact) mass is 316 g/mol. The van der Waals surface area contributed by atoms with E-state index in [9.17, 15) is 0 Å². The molecule has 0 unspecified atom stereocenters. The molecule has 0 amide bonds. The lowest BCUT2D eigenvalue weighted by Gasteiger charge is -2.09. The molecule has 0 aliphatic heterocycles. The highest BCUT2D eigenvalue weighted by Gasteiger charge is 2.04. The molecule has 0 fully saturated rings. The van der Waals surface area contributed by atoms with Gasteiger partial charge in [-0.05, 0) is 72.2 Å². The van der Waals surface area contributed by atoms with E-state index in [0.29, 0.717) is 0 Å². The van der Waals surface area contributed by atoms with Gasteiger partial charge in [0.1, 0.15) is 0 Å². The standard InChI is InChI=1S/C22H24N2/c1-15-3-9-19(21(23)11-15)13-17-5-7-18(8-6-17)14-20-10-4-16(2)12-22(20)24/h3-12H,13-14,23-24H2,1-2H3. The van der Waals surface area contributed by atoms with Crippen molar-refractivity contribution in [2.45, 2.75) is 26.7 Å². The van der Waals surface area contributed by atoms with E-state index in [1.807, 2.05) is 12.1 Å². The van der Waals surface area contributed by atoms with Gasteiger partial charge in [0.05, 0.1) is 0 Å². The molecular weight excluding hydrogens is 292 g/mol. The Morgan fingerprint density at radius 2 is 0.958 bits per heavy atom. The number of rotatable bonds is 4. The highest BCUT2D eigenvalue weighted by Crippen LogP contribution is 2.21. The molecule has 0 spiro atoms. The van der Waals surface area contributed by atoms with Crippen LogP contribution in [0.25, 0.3) is 0 Å². The molecule has 0 saturated carbocycles. The van der Waals surface area contributed by atoms with E-state index in [1.54, 1.807) is 0 Å². The van der Waals surface area contributed by atoms with E-state index >= 15 is 0 Å². The Labute approximate surface area is 144 Å². The van der Waals surface area contributed by atoms with Gasteiger partial charge in [0, 0.05) is 11.4 Å². The lowest BCUT2D eigenvalue weighted by molar-refractivity contribution is 1.15. The molecule has 3 aromatic rings. The third-order valence-corrected chi connectivity index (χ3v) is 4.41. The van der Waals surface area contributed by atoms with Crippen LogP contribution >= 0.6 is 0 Å². The van der Waals surface area contributed by atoms with Crippen molar-refractivity contribution in [3.63, 3.8) is 0 Å². The van der Waals surface area contributed by atoms with Crippen LogP contribution < -0.4 is 11.5 Å². The van der Waals surface area contributed by atoms with Crippen molar-refractivity contribution in [1.82, 2.24) is 0 Å². The molecule has 0 radical (unpaired) electrons. The minimum Gasteiger partial charge on any atom is -0.398 e. The SMILES string of the molecule is Cc1ccc(Cc2ccc(Cc3ccc(C)cc3N)cc2)c(N)c1. The van der Waals surface area contributed by atoms with Crippen molar-refractivity contribution in [3.05, 3.63) is 94.0 Å². The number of anilines is 2. The zero-order valence-electron chi connectivity index (χ0n) is 14.3. The first-order valence-electron chi connectivity index (χ1n) is 8.29. The van der Waals surface area contributed by atoms with Gasteiger partial charge in [0.15, 0.2) is 0 Å². The van der Waals surface area contributed by atoms with E-state index in [-0.39, 0.29) is 0 Å². The van der Waals surface area contributed by atoms with Crippen molar-refractivity contribution in [1.29, 1.82) is 0 Å². The number of nitrogen functional groups attached to an aromatic ring is 2. The Balaban J connectivity index is 1.73.